The van der Waals surface area contributed by atoms with Crippen molar-refractivity contribution in [3.63, 3.8) is 0 Å². The molecule has 2 heteroatoms. The minimum Gasteiger partial charge on any atom is -0.380 e. The lowest BCUT2D eigenvalue weighted by molar-refractivity contribution is 0.648. The Kier molecular flexibility index (Phi) is 1.53. The summed E-state index contributed by atoms with van der Waals surface area (Å²) >= 11 is 0. The van der Waals surface area contributed by atoms with Gasteiger partial charge in [0, 0.05) is 11.9 Å². The Morgan fingerprint density at radius 2 is 2.55 bits per heavy atom. The number of aliphatic imine (C=N–C) groups is 1. The molecule has 11 heavy (non-hydrogen) atoms. The van der Waals surface area contributed by atoms with Crippen molar-refractivity contribution in [1.82, 2.24) is 5.32 Å². The normalized spacial score (nSPS) is 33.0. The first kappa shape index (κ1) is 6.65. The average molecular weight is 148 g/mol. The van der Waals surface area contributed by atoms with Crippen molar-refractivity contribution in [2.24, 2.45) is 4.99 Å². The van der Waals surface area contributed by atoms with E-state index in [2.05, 4.69) is 29.4 Å². The van der Waals surface area contributed by atoms with Crippen LogP contribution in [0.25, 0.3) is 0 Å². The second kappa shape index (κ2) is 2.53. The van der Waals surface area contributed by atoms with Crippen molar-refractivity contribution in [3.8, 4) is 0 Å². The van der Waals surface area contributed by atoms with Crippen LogP contribution in [0.4, 0.5) is 0 Å². The minimum absolute atomic E-state index is 0.356. The molecule has 0 aromatic carbocycles. The van der Waals surface area contributed by atoms with Crippen LogP contribution in [-0.2, 0) is 0 Å². The lowest BCUT2D eigenvalue weighted by Gasteiger charge is -2.14. The molecular weight excluding hydrogens is 136 g/mol. The van der Waals surface area contributed by atoms with Gasteiger partial charge in [0.2, 0.25) is 0 Å². The van der Waals surface area contributed by atoms with Gasteiger partial charge in [-0.25, -0.2) is 0 Å². The first-order valence-corrected chi connectivity index (χ1v) is 4.07. The van der Waals surface area contributed by atoms with E-state index < -0.39 is 0 Å². The third kappa shape index (κ3) is 1.09. The van der Waals surface area contributed by atoms with Gasteiger partial charge in [-0.15, -0.1) is 0 Å². The Bertz CT molecular complexity index is 238. The zero-order chi connectivity index (χ0) is 7.68. The smallest absolute Gasteiger partial charge is 0.0936 e. The number of nitrogens with one attached hydrogen (secondary N) is 1. The molecule has 0 aromatic rings. The summed E-state index contributed by atoms with van der Waals surface area (Å²) in [5, 5.41) is 3.40. The van der Waals surface area contributed by atoms with Crippen LogP contribution >= 0.6 is 0 Å². The molecule has 2 aliphatic rings. The Balaban J connectivity index is 2.16. The van der Waals surface area contributed by atoms with Crippen LogP contribution in [0.15, 0.2) is 28.9 Å². The number of hydrogen-bond donors (Lipinski definition) is 1. The van der Waals surface area contributed by atoms with Gasteiger partial charge < -0.3 is 5.32 Å². The lowest BCUT2D eigenvalue weighted by Crippen LogP contribution is -2.30. The van der Waals surface area contributed by atoms with E-state index >= 15 is 0 Å². The third-order valence-electron chi connectivity index (χ3n) is 2.14. The highest BCUT2D eigenvalue weighted by Crippen LogP contribution is 2.17. The van der Waals surface area contributed by atoms with Gasteiger partial charge in [0.25, 0.3) is 0 Å². The van der Waals surface area contributed by atoms with Crippen molar-refractivity contribution >= 4 is 6.21 Å². The Hall–Kier alpha value is -1.05. The van der Waals surface area contributed by atoms with Crippen molar-refractivity contribution in [2.75, 3.05) is 0 Å². The molecule has 0 aromatic heterocycles. The molecule has 0 bridgehead atoms. The molecule has 2 nitrogen and oxygen atoms in total. The molecule has 2 atom stereocenters. The Morgan fingerprint density at radius 3 is 3.27 bits per heavy atom. The SMILES string of the molecule is CCC1=CC2N=CC=CC2N1. The average Bonchev–Trinajstić information content (AvgIpc) is 2.46. The van der Waals surface area contributed by atoms with Crippen LogP contribution in [0.3, 0.4) is 0 Å². The van der Waals surface area contributed by atoms with E-state index in [0.29, 0.717) is 12.1 Å². The van der Waals surface area contributed by atoms with E-state index in [0.717, 1.165) is 6.42 Å². The number of nitrogens with zero attached hydrogens (tertiary/aromatic N) is 1. The van der Waals surface area contributed by atoms with Crippen molar-refractivity contribution in [2.45, 2.75) is 25.4 Å². The van der Waals surface area contributed by atoms with Crippen LogP contribution in [0.2, 0.25) is 0 Å². The molecule has 0 fully saturated rings. The fraction of sp³-hybridized carbons (Fsp3) is 0.444. The number of fused-ring (bicyclic) bond motifs is 1. The van der Waals surface area contributed by atoms with E-state index in [1.54, 1.807) is 0 Å². The summed E-state index contributed by atoms with van der Waals surface area (Å²) in [5.41, 5.74) is 1.32. The molecule has 2 heterocycles. The predicted molar refractivity (Wildman–Crippen MR) is 46.7 cm³/mol. The van der Waals surface area contributed by atoms with Gasteiger partial charge in [-0.05, 0) is 18.6 Å². The first-order chi connectivity index (χ1) is 5.40. The Labute approximate surface area is 66.7 Å². The van der Waals surface area contributed by atoms with E-state index in [1.165, 1.54) is 5.70 Å². The third-order valence-corrected chi connectivity index (χ3v) is 2.14. The maximum Gasteiger partial charge on any atom is 0.0936 e. The van der Waals surface area contributed by atoms with Gasteiger partial charge in [0.15, 0.2) is 0 Å². The molecular formula is C9H12N2. The first-order valence-electron chi connectivity index (χ1n) is 4.07. The van der Waals surface area contributed by atoms with Crippen molar-refractivity contribution < 1.29 is 0 Å². The molecule has 0 radical (unpaired) electrons. The van der Waals surface area contributed by atoms with Gasteiger partial charge in [-0.1, -0.05) is 13.0 Å². The molecule has 2 rings (SSSR count). The molecule has 0 aliphatic carbocycles. The zero-order valence-corrected chi connectivity index (χ0v) is 6.62. The largest absolute Gasteiger partial charge is 0.380 e. The molecule has 0 amide bonds. The van der Waals surface area contributed by atoms with Gasteiger partial charge in [-0.2, -0.15) is 0 Å². The molecule has 1 N–H and O–H groups in total. The maximum absolute atomic E-state index is 4.34. The molecule has 0 saturated heterocycles. The van der Waals surface area contributed by atoms with Crippen LogP contribution in [0.5, 0.6) is 0 Å². The summed E-state index contributed by atoms with van der Waals surface area (Å²) in [6.07, 6.45) is 9.33. The number of dihydropyridines is 1. The summed E-state index contributed by atoms with van der Waals surface area (Å²) in [4.78, 5) is 4.34. The van der Waals surface area contributed by atoms with Gasteiger partial charge in [-0.3, -0.25) is 4.99 Å². The summed E-state index contributed by atoms with van der Waals surface area (Å²) in [7, 11) is 0. The second-order valence-corrected chi connectivity index (χ2v) is 2.89. The zero-order valence-electron chi connectivity index (χ0n) is 6.62. The monoisotopic (exact) mass is 148 g/mol. The van der Waals surface area contributed by atoms with Crippen molar-refractivity contribution in [3.05, 3.63) is 23.9 Å². The number of hydrogen-bond acceptors (Lipinski definition) is 2. The molecule has 0 saturated carbocycles. The Morgan fingerprint density at radius 1 is 1.64 bits per heavy atom. The molecule has 58 valence electrons. The van der Waals surface area contributed by atoms with Crippen LogP contribution in [0, 0.1) is 0 Å². The van der Waals surface area contributed by atoms with Crippen LogP contribution in [0.1, 0.15) is 13.3 Å². The fourth-order valence-electron chi connectivity index (χ4n) is 1.49. The number of rotatable bonds is 1. The van der Waals surface area contributed by atoms with Crippen LogP contribution in [-0.4, -0.2) is 18.3 Å². The molecule has 2 aliphatic heterocycles. The van der Waals surface area contributed by atoms with E-state index in [-0.39, 0.29) is 0 Å². The highest BCUT2D eigenvalue weighted by Gasteiger charge is 2.23. The standard InChI is InChI=1S/C9H12N2/c1-2-7-6-9-8(11-7)4-3-5-10-9/h3-6,8-9,11H,2H2,1H3. The number of allylic oxidation sites excluding steroid dienone is 2. The topological polar surface area (TPSA) is 24.4 Å². The summed E-state index contributed by atoms with van der Waals surface area (Å²) in [6.45, 7) is 2.16. The predicted octanol–water partition coefficient (Wildman–Crippen LogP) is 1.26. The van der Waals surface area contributed by atoms with Gasteiger partial charge in [0.05, 0.1) is 12.1 Å². The summed E-state index contributed by atoms with van der Waals surface area (Å²) in [6, 6.07) is 0.782. The summed E-state index contributed by atoms with van der Waals surface area (Å²) < 4.78 is 0. The van der Waals surface area contributed by atoms with E-state index in [9.17, 15) is 0 Å². The van der Waals surface area contributed by atoms with Crippen molar-refractivity contribution in [1.29, 1.82) is 0 Å². The summed E-state index contributed by atoms with van der Waals surface area (Å²) in [5.74, 6) is 0. The minimum atomic E-state index is 0.356. The second-order valence-electron chi connectivity index (χ2n) is 2.89. The highest BCUT2D eigenvalue weighted by molar-refractivity contribution is 5.73. The van der Waals surface area contributed by atoms with Gasteiger partial charge >= 0.3 is 0 Å². The van der Waals surface area contributed by atoms with Gasteiger partial charge in [0.1, 0.15) is 0 Å². The molecule has 0 spiro atoms. The van der Waals surface area contributed by atoms with E-state index in [4.69, 9.17) is 0 Å². The fourth-order valence-corrected chi connectivity index (χ4v) is 1.49. The quantitative estimate of drug-likeness (QED) is 0.595. The van der Waals surface area contributed by atoms with E-state index in [1.807, 2.05) is 12.3 Å². The highest BCUT2D eigenvalue weighted by atomic mass is 15.0. The maximum atomic E-state index is 4.34. The lowest BCUT2D eigenvalue weighted by atomic mass is 10.1. The molecule has 2 unspecified atom stereocenters. The van der Waals surface area contributed by atoms with Crippen LogP contribution < -0.4 is 5.32 Å².